The van der Waals surface area contributed by atoms with Crippen molar-refractivity contribution in [1.29, 1.82) is 0 Å². The van der Waals surface area contributed by atoms with Gasteiger partial charge in [-0.25, -0.2) is 4.39 Å². The first-order chi connectivity index (χ1) is 8.66. The number of benzene rings is 2. The molecule has 1 nitrogen and oxygen atoms in total. The van der Waals surface area contributed by atoms with Crippen LogP contribution >= 0.6 is 11.6 Å². The van der Waals surface area contributed by atoms with E-state index in [1.165, 1.54) is 6.07 Å². The van der Waals surface area contributed by atoms with Gasteiger partial charge in [0.2, 0.25) is 0 Å². The maximum absolute atomic E-state index is 13.2. The maximum atomic E-state index is 13.2. The van der Waals surface area contributed by atoms with Gasteiger partial charge in [-0.15, -0.1) is 0 Å². The summed E-state index contributed by atoms with van der Waals surface area (Å²) in [6.45, 7) is 0. The van der Waals surface area contributed by atoms with E-state index in [0.29, 0.717) is 6.42 Å². The van der Waals surface area contributed by atoms with Crippen LogP contribution in [0.3, 0.4) is 0 Å². The second kappa shape index (κ2) is 4.21. The number of hydrogen-bond donors (Lipinski definition) is 0. The van der Waals surface area contributed by atoms with Crippen LogP contribution in [0.2, 0.25) is 5.02 Å². The monoisotopic (exact) mass is 260 g/mol. The first kappa shape index (κ1) is 11.4. The van der Waals surface area contributed by atoms with Crippen molar-refractivity contribution in [1.82, 2.24) is 0 Å². The summed E-state index contributed by atoms with van der Waals surface area (Å²) in [5, 5.41) is 0.106. The summed E-state index contributed by atoms with van der Waals surface area (Å²) >= 11 is 5.80. The van der Waals surface area contributed by atoms with Crippen molar-refractivity contribution in [2.45, 2.75) is 12.8 Å². The fourth-order valence-corrected chi connectivity index (χ4v) is 2.61. The van der Waals surface area contributed by atoms with Crippen LogP contribution in [-0.4, -0.2) is 5.78 Å². The molecule has 2 aromatic carbocycles. The van der Waals surface area contributed by atoms with Crippen LogP contribution in [0.5, 0.6) is 0 Å². The lowest BCUT2D eigenvalue weighted by atomic mass is 9.97. The third kappa shape index (κ3) is 1.73. The Morgan fingerprint density at radius 1 is 1.06 bits per heavy atom. The minimum atomic E-state index is -0.427. The zero-order valence-electron chi connectivity index (χ0n) is 9.54. The second-order valence-corrected chi connectivity index (χ2v) is 4.79. The molecule has 2 aromatic rings. The summed E-state index contributed by atoms with van der Waals surface area (Å²) in [5.41, 5.74) is 3.66. The fraction of sp³-hybridized carbons (Fsp3) is 0.133. The van der Waals surface area contributed by atoms with E-state index in [-0.39, 0.29) is 10.8 Å². The number of rotatable bonds is 1. The van der Waals surface area contributed by atoms with Crippen molar-refractivity contribution in [3.8, 4) is 11.1 Å². The number of Topliss-reactive ketones (excluding diaryl/α,β-unsaturated/α-hetero) is 1. The molecule has 0 saturated carbocycles. The molecule has 0 heterocycles. The summed E-state index contributed by atoms with van der Waals surface area (Å²) < 4.78 is 13.2. The number of carbonyl (C=O) groups is 1. The van der Waals surface area contributed by atoms with Crippen LogP contribution in [0.4, 0.5) is 4.39 Å². The Labute approximate surface area is 109 Å². The average molecular weight is 261 g/mol. The molecule has 1 aliphatic rings. The zero-order valence-corrected chi connectivity index (χ0v) is 10.3. The molecule has 0 fully saturated rings. The van der Waals surface area contributed by atoms with Gasteiger partial charge < -0.3 is 0 Å². The van der Waals surface area contributed by atoms with Crippen LogP contribution < -0.4 is 0 Å². The number of carbonyl (C=O) groups excluding carboxylic acids is 1. The van der Waals surface area contributed by atoms with Gasteiger partial charge in [0.05, 0.1) is 5.02 Å². The van der Waals surface area contributed by atoms with Gasteiger partial charge in [0, 0.05) is 12.0 Å². The van der Waals surface area contributed by atoms with Gasteiger partial charge in [-0.3, -0.25) is 4.79 Å². The molecule has 0 radical (unpaired) electrons. The molecule has 0 aromatic heterocycles. The number of hydrogen-bond acceptors (Lipinski definition) is 1. The molecule has 3 rings (SSSR count). The minimum absolute atomic E-state index is 0.106. The van der Waals surface area contributed by atoms with Gasteiger partial charge >= 0.3 is 0 Å². The van der Waals surface area contributed by atoms with Crippen LogP contribution in [-0.2, 0) is 6.42 Å². The molecule has 0 unspecified atom stereocenters. The van der Waals surface area contributed by atoms with Crippen molar-refractivity contribution in [3.05, 3.63) is 58.4 Å². The lowest BCUT2D eigenvalue weighted by Gasteiger charge is -2.08. The normalized spacial score (nSPS) is 13.8. The summed E-state index contributed by atoms with van der Waals surface area (Å²) in [6.07, 6.45) is 1.31. The van der Waals surface area contributed by atoms with Crippen LogP contribution in [0.25, 0.3) is 11.1 Å². The first-order valence-electron chi connectivity index (χ1n) is 5.77. The van der Waals surface area contributed by atoms with E-state index in [9.17, 15) is 9.18 Å². The molecular formula is C15H10ClFO. The third-order valence-electron chi connectivity index (χ3n) is 3.31. The van der Waals surface area contributed by atoms with Gasteiger partial charge in [0.1, 0.15) is 5.82 Å². The highest BCUT2D eigenvalue weighted by atomic mass is 35.5. The van der Waals surface area contributed by atoms with Crippen molar-refractivity contribution in [2.24, 2.45) is 0 Å². The Morgan fingerprint density at radius 3 is 2.61 bits per heavy atom. The van der Waals surface area contributed by atoms with Gasteiger partial charge in [-0.05, 0) is 35.2 Å². The molecule has 3 heteroatoms. The molecule has 0 spiro atoms. The summed E-state index contributed by atoms with van der Waals surface area (Å²) in [4.78, 5) is 11.7. The quantitative estimate of drug-likeness (QED) is 0.748. The van der Waals surface area contributed by atoms with E-state index >= 15 is 0 Å². The topological polar surface area (TPSA) is 17.1 Å². The Kier molecular flexibility index (Phi) is 2.67. The molecule has 0 N–H and O–H groups in total. The van der Waals surface area contributed by atoms with Crippen molar-refractivity contribution in [3.63, 3.8) is 0 Å². The van der Waals surface area contributed by atoms with Crippen molar-refractivity contribution >= 4 is 17.4 Å². The van der Waals surface area contributed by atoms with E-state index < -0.39 is 5.82 Å². The molecule has 0 bridgehead atoms. The van der Waals surface area contributed by atoms with E-state index in [0.717, 1.165) is 28.7 Å². The lowest BCUT2D eigenvalue weighted by molar-refractivity contribution is 0.0994. The largest absolute Gasteiger partial charge is 0.294 e. The second-order valence-electron chi connectivity index (χ2n) is 4.38. The standard InChI is InChI=1S/C15H10ClFO/c16-13-8-9(4-6-14(13)17)10-2-1-3-12-11(10)5-7-15(12)18/h1-4,6,8H,5,7H2. The zero-order chi connectivity index (χ0) is 12.7. The predicted molar refractivity (Wildman–Crippen MR) is 69.5 cm³/mol. The van der Waals surface area contributed by atoms with Crippen LogP contribution in [0.1, 0.15) is 22.3 Å². The van der Waals surface area contributed by atoms with Gasteiger partial charge in [0.25, 0.3) is 0 Å². The van der Waals surface area contributed by atoms with E-state index in [2.05, 4.69) is 0 Å². The highest BCUT2D eigenvalue weighted by molar-refractivity contribution is 6.31. The smallest absolute Gasteiger partial charge is 0.163 e. The SMILES string of the molecule is O=C1CCc2c1cccc2-c1ccc(F)c(Cl)c1. The lowest BCUT2D eigenvalue weighted by Crippen LogP contribution is -1.92. The number of ketones is 1. The Morgan fingerprint density at radius 2 is 1.83 bits per heavy atom. The van der Waals surface area contributed by atoms with Crippen molar-refractivity contribution < 1.29 is 9.18 Å². The third-order valence-corrected chi connectivity index (χ3v) is 3.60. The van der Waals surface area contributed by atoms with Gasteiger partial charge in [0.15, 0.2) is 5.78 Å². The van der Waals surface area contributed by atoms with Crippen molar-refractivity contribution in [2.75, 3.05) is 0 Å². The molecule has 0 atom stereocenters. The number of halogens is 2. The molecule has 1 aliphatic carbocycles. The van der Waals surface area contributed by atoms with E-state index in [1.54, 1.807) is 12.1 Å². The molecular weight excluding hydrogens is 251 g/mol. The molecule has 0 aliphatic heterocycles. The summed E-state index contributed by atoms with van der Waals surface area (Å²) in [6, 6.07) is 10.3. The van der Waals surface area contributed by atoms with E-state index in [4.69, 9.17) is 11.6 Å². The predicted octanol–water partition coefficient (Wildman–Crippen LogP) is 4.28. The summed E-state index contributed by atoms with van der Waals surface area (Å²) in [7, 11) is 0. The molecule has 0 saturated heterocycles. The fourth-order valence-electron chi connectivity index (χ4n) is 2.42. The Balaban J connectivity index is 2.18. The maximum Gasteiger partial charge on any atom is 0.163 e. The van der Waals surface area contributed by atoms with Gasteiger partial charge in [-0.2, -0.15) is 0 Å². The molecule has 0 amide bonds. The highest BCUT2D eigenvalue weighted by Gasteiger charge is 2.22. The average Bonchev–Trinajstić information content (AvgIpc) is 2.75. The van der Waals surface area contributed by atoms with Crippen LogP contribution in [0, 0.1) is 5.82 Å². The number of fused-ring (bicyclic) bond motifs is 1. The van der Waals surface area contributed by atoms with Gasteiger partial charge in [-0.1, -0.05) is 35.9 Å². The first-order valence-corrected chi connectivity index (χ1v) is 6.15. The molecule has 18 heavy (non-hydrogen) atoms. The summed E-state index contributed by atoms with van der Waals surface area (Å²) in [5.74, 6) is -0.246. The van der Waals surface area contributed by atoms with Crippen LogP contribution in [0.15, 0.2) is 36.4 Å². The highest BCUT2D eigenvalue weighted by Crippen LogP contribution is 2.33. The molecule has 90 valence electrons. The Hall–Kier alpha value is -1.67. The minimum Gasteiger partial charge on any atom is -0.294 e. The van der Waals surface area contributed by atoms with E-state index in [1.807, 2.05) is 18.2 Å². The Bertz CT molecular complexity index is 649.